The summed E-state index contributed by atoms with van der Waals surface area (Å²) >= 11 is 5.76. The Morgan fingerprint density at radius 2 is 1.68 bits per heavy atom. The molecule has 0 aromatic heterocycles. The van der Waals surface area contributed by atoms with Gasteiger partial charge in [-0.2, -0.15) is 0 Å². The summed E-state index contributed by atoms with van der Waals surface area (Å²) in [6.07, 6.45) is 7.45. The highest BCUT2D eigenvalue weighted by atomic mass is 35.5. The molecule has 4 fully saturated rings. The Morgan fingerprint density at radius 3 is 2.25 bits per heavy atom. The van der Waals surface area contributed by atoms with Gasteiger partial charge in [-0.05, 0) is 80.8 Å². The maximum atomic E-state index is 13.3. The SMILES string of the molecule is C[C@@H](NC(=O)COC(=O)c1cc(F)c(F)cc1Cl)C12CC3CC(CC(C3)C1)C2. The lowest BCUT2D eigenvalue weighted by molar-refractivity contribution is -0.128. The zero-order valence-electron chi connectivity index (χ0n) is 15.8. The molecule has 0 radical (unpaired) electrons. The first-order chi connectivity index (χ1) is 13.3. The largest absolute Gasteiger partial charge is 0.452 e. The lowest BCUT2D eigenvalue weighted by Crippen LogP contribution is -2.56. The first kappa shape index (κ1) is 19.6. The van der Waals surface area contributed by atoms with E-state index in [1.54, 1.807) is 0 Å². The number of ether oxygens (including phenoxy) is 1. The highest BCUT2D eigenvalue weighted by Gasteiger charge is 2.53. The van der Waals surface area contributed by atoms with Crippen LogP contribution in [0.3, 0.4) is 0 Å². The number of amides is 1. The fourth-order valence-corrected chi connectivity index (χ4v) is 6.26. The molecule has 4 aliphatic rings. The van der Waals surface area contributed by atoms with E-state index in [4.69, 9.17) is 16.3 Å². The molecule has 4 saturated carbocycles. The van der Waals surface area contributed by atoms with Gasteiger partial charge in [-0.25, -0.2) is 13.6 Å². The Morgan fingerprint density at radius 1 is 1.14 bits per heavy atom. The van der Waals surface area contributed by atoms with Crippen LogP contribution >= 0.6 is 11.6 Å². The van der Waals surface area contributed by atoms with E-state index < -0.39 is 30.1 Å². The third-order valence-electron chi connectivity index (χ3n) is 6.95. The second-order valence-corrected chi connectivity index (χ2v) is 9.30. The normalized spacial score (nSPS) is 31.5. The number of rotatable bonds is 5. The van der Waals surface area contributed by atoms with Gasteiger partial charge in [-0.1, -0.05) is 11.6 Å². The molecule has 152 valence electrons. The van der Waals surface area contributed by atoms with Crippen molar-refractivity contribution in [2.75, 3.05) is 6.61 Å². The van der Waals surface area contributed by atoms with Gasteiger partial charge in [0.15, 0.2) is 18.2 Å². The minimum atomic E-state index is -1.20. The van der Waals surface area contributed by atoms with Crippen LogP contribution in [0.25, 0.3) is 0 Å². The van der Waals surface area contributed by atoms with Crippen molar-refractivity contribution in [1.82, 2.24) is 5.32 Å². The number of esters is 1. The van der Waals surface area contributed by atoms with Crippen molar-refractivity contribution in [3.63, 3.8) is 0 Å². The molecule has 0 saturated heterocycles. The quantitative estimate of drug-likeness (QED) is 0.573. The van der Waals surface area contributed by atoms with E-state index in [0.29, 0.717) is 12.1 Å². The molecular weight excluding hydrogens is 388 g/mol. The molecule has 4 aliphatic carbocycles. The number of benzene rings is 1. The molecule has 5 rings (SSSR count). The highest BCUT2D eigenvalue weighted by Crippen LogP contribution is 2.61. The molecule has 0 heterocycles. The second-order valence-electron chi connectivity index (χ2n) is 8.89. The number of carbonyl (C=O) groups excluding carboxylic acids is 2. The van der Waals surface area contributed by atoms with E-state index in [0.717, 1.165) is 37.0 Å². The smallest absolute Gasteiger partial charge is 0.340 e. The Balaban J connectivity index is 1.33. The zero-order chi connectivity index (χ0) is 20.1. The van der Waals surface area contributed by atoms with Crippen LogP contribution in [0.4, 0.5) is 8.78 Å². The second kappa shape index (κ2) is 7.29. The minimum Gasteiger partial charge on any atom is -0.452 e. The zero-order valence-corrected chi connectivity index (χ0v) is 16.5. The lowest BCUT2D eigenvalue weighted by atomic mass is 9.48. The summed E-state index contributed by atoms with van der Waals surface area (Å²) in [6.45, 7) is 1.56. The molecule has 0 aliphatic heterocycles. The molecule has 7 heteroatoms. The van der Waals surface area contributed by atoms with Crippen molar-refractivity contribution < 1.29 is 23.1 Å². The van der Waals surface area contributed by atoms with Crippen molar-refractivity contribution in [3.8, 4) is 0 Å². The maximum absolute atomic E-state index is 13.3. The first-order valence-electron chi connectivity index (χ1n) is 9.87. The monoisotopic (exact) mass is 411 g/mol. The van der Waals surface area contributed by atoms with Gasteiger partial charge in [0.05, 0.1) is 10.6 Å². The lowest BCUT2D eigenvalue weighted by Gasteiger charge is -2.59. The van der Waals surface area contributed by atoms with Crippen LogP contribution in [0.5, 0.6) is 0 Å². The molecule has 1 amide bonds. The van der Waals surface area contributed by atoms with Crippen molar-refractivity contribution >= 4 is 23.5 Å². The number of halogens is 3. The maximum Gasteiger partial charge on any atom is 0.340 e. The van der Waals surface area contributed by atoms with E-state index in [1.165, 1.54) is 19.3 Å². The molecule has 1 aromatic carbocycles. The predicted octanol–water partition coefficient (Wildman–Crippen LogP) is 4.50. The molecule has 1 atom stereocenters. The van der Waals surface area contributed by atoms with Gasteiger partial charge in [0, 0.05) is 6.04 Å². The van der Waals surface area contributed by atoms with Crippen molar-refractivity contribution in [2.45, 2.75) is 51.5 Å². The summed E-state index contributed by atoms with van der Waals surface area (Å²) in [5, 5.41) is 2.74. The van der Waals surface area contributed by atoms with Gasteiger partial charge in [-0.15, -0.1) is 0 Å². The van der Waals surface area contributed by atoms with Gasteiger partial charge in [0.25, 0.3) is 5.91 Å². The summed E-state index contributed by atoms with van der Waals surface area (Å²) in [5.74, 6) is -1.37. The van der Waals surface area contributed by atoms with Gasteiger partial charge >= 0.3 is 5.97 Å². The highest BCUT2D eigenvalue weighted by molar-refractivity contribution is 6.33. The van der Waals surface area contributed by atoms with Gasteiger partial charge in [0.2, 0.25) is 0 Å². The molecule has 4 bridgehead atoms. The average molecular weight is 412 g/mol. The first-order valence-corrected chi connectivity index (χ1v) is 10.2. The van der Waals surface area contributed by atoms with Gasteiger partial charge in [0.1, 0.15) is 0 Å². The Labute approximate surface area is 168 Å². The number of hydrogen-bond donors (Lipinski definition) is 1. The summed E-state index contributed by atoms with van der Waals surface area (Å²) in [7, 11) is 0. The predicted molar refractivity (Wildman–Crippen MR) is 99.9 cm³/mol. The van der Waals surface area contributed by atoms with Crippen LogP contribution < -0.4 is 5.32 Å². The van der Waals surface area contributed by atoms with Crippen LogP contribution in [0.15, 0.2) is 12.1 Å². The van der Waals surface area contributed by atoms with Crippen LogP contribution in [0.2, 0.25) is 5.02 Å². The van der Waals surface area contributed by atoms with Gasteiger partial charge < -0.3 is 10.1 Å². The van der Waals surface area contributed by atoms with E-state index in [2.05, 4.69) is 5.32 Å². The van der Waals surface area contributed by atoms with Crippen LogP contribution in [0.1, 0.15) is 55.8 Å². The van der Waals surface area contributed by atoms with E-state index in [1.807, 2.05) is 6.92 Å². The average Bonchev–Trinajstić information content (AvgIpc) is 2.61. The minimum absolute atomic E-state index is 0.0129. The van der Waals surface area contributed by atoms with Crippen LogP contribution in [0, 0.1) is 34.8 Å². The number of carbonyl (C=O) groups is 2. The van der Waals surface area contributed by atoms with Crippen molar-refractivity contribution in [3.05, 3.63) is 34.4 Å². The molecule has 1 aromatic rings. The fourth-order valence-electron chi connectivity index (χ4n) is 6.03. The molecule has 0 spiro atoms. The standard InChI is InChI=1S/C21H24ClF2NO3/c1-11(21-7-12-2-13(8-21)4-14(3-12)9-21)25-19(26)10-28-20(27)15-5-17(23)18(24)6-16(15)22/h5-6,11-14H,2-4,7-10H2,1H3,(H,25,26)/t11-,12?,13?,14?,21?/m1/s1. The van der Waals surface area contributed by atoms with Crippen LogP contribution in [-0.4, -0.2) is 24.5 Å². The fraction of sp³-hybridized carbons (Fsp3) is 0.619. The Hall–Kier alpha value is -1.69. The van der Waals surface area contributed by atoms with Crippen molar-refractivity contribution in [1.29, 1.82) is 0 Å². The van der Waals surface area contributed by atoms with E-state index in [-0.39, 0.29) is 22.0 Å². The van der Waals surface area contributed by atoms with E-state index >= 15 is 0 Å². The molecule has 28 heavy (non-hydrogen) atoms. The Bertz CT molecular complexity index is 778. The molecule has 1 N–H and O–H groups in total. The molecular formula is C21H24ClF2NO3. The number of hydrogen-bond acceptors (Lipinski definition) is 3. The van der Waals surface area contributed by atoms with E-state index in [9.17, 15) is 18.4 Å². The summed E-state index contributed by atoms with van der Waals surface area (Å²) in [4.78, 5) is 24.4. The molecule has 4 nitrogen and oxygen atoms in total. The number of nitrogens with one attached hydrogen (secondary N) is 1. The Kier molecular flexibility index (Phi) is 5.10. The third kappa shape index (κ3) is 3.63. The van der Waals surface area contributed by atoms with Gasteiger partial charge in [-0.3, -0.25) is 4.79 Å². The molecule has 0 unspecified atom stereocenters. The summed E-state index contributed by atoms with van der Waals surface area (Å²) < 4.78 is 31.4. The summed E-state index contributed by atoms with van der Waals surface area (Å²) in [5.41, 5.74) is -0.153. The van der Waals surface area contributed by atoms with Crippen molar-refractivity contribution in [2.24, 2.45) is 23.2 Å². The summed E-state index contributed by atoms with van der Waals surface area (Å²) in [6, 6.07) is 1.40. The topological polar surface area (TPSA) is 55.4 Å². The van der Waals surface area contributed by atoms with Crippen LogP contribution in [-0.2, 0) is 9.53 Å². The third-order valence-corrected chi connectivity index (χ3v) is 7.26.